The Kier molecular flexibility index (Phi) is 4.93. The van der Waals surface area contributed by atoms with E-state index in [4.69, 9.17) is 0 Å². The summed E-state index contributed by atoms with van der Waals surface area (Å²) in [6, 6.07) is 7.91. The molecule has 0 aliphatic heterocycles. The summed E-state index contributed by atoms with van der Waals surface area (Å²) in [5.74, 6) is -0.738. The predicted molar refractivity (Wildman–Crippen MR) is 91.0 cm³/mol. The lowest BCUT2D eigenvalue weighted by molar-refractivity contribution is -0.274. The summed E-state index contributed by atoms with van der Waals surface area (Å²) in [4.78, 5) is 16.8. The van der Waals surface area contributed by atoms with Crippen molar-refractivity contribution in [1.82, 2.24) is 14.1 Å². The second kappa shape index (κ2) is 7.18. The van der Waals surface area contributed by atoms with Crippen molar-refractivity contribution in [2.24, 2.45) is 0 Å². The maximum atomic E-state index is 12.8. The number of hydrogen-bond donors (Lipinski definition) is 1. The van der Waals surface area contributed by atoms with E-state index in [1.54, 1.807) is 24.5 Å². The van der Waals surface area contributed by atoms with Gasteiger partial charge in [-0.25, -0.2) is 9.36 Å². The molecule has 0 aliphatic carbocycles. The molecule has 0 spiro atoms. The lowest BCUT2D eigenvalue weighted by atomic mass is 10.1. The molecule has 1 unspecified atom stereocenters. The first-order chi connectivity index (χ1) is 12.8. The van der Waals surface area contributed by atoms with Gasteiger partial charge in [-0.1, -0.05) is 6.92 Å². The molecule has 1 atom stereocenters. The molecular weight excluding hydrogens is 363 g/mol. The van der Waals surface area contributed by atoms with Crippen LogP contribution >= 0.6 is 0 Å². The molecule has 3 aromatic rings. The van der Waals surface area contributed by atoms with Gasteiger partial charge in [0.05, 0.1) is 17.9 Å². The zero-order valence-corrected chi connectivity index (χ0v) is 14.2. The number of halogens is 3. The van der Waals surface area contributed by atoms with Crippen molar-refractivity contribution in [1.29, 1.82) is 0 Å². The molecule has 2 heterocycles. The van der Waals surface area contributed by atoms with Crippen LogP contribution in [0.3, 0.4) is 0 Å². The minimum Gasteiger partial charge on any atom is -0.493 e. The molecule has 0 saturated heterocycles. The molecule has 2 aromatic heterocycles. The van der Waals surface area contributed by atoms with E-state index >= 15 is 0 Å². The van der Waals surface area contributed by atoms with Gasteiger partial charge >= 0.3 is 12.1 Å². The number of aromatic hydroxyl groups is 1. The van der Waals surface area contributed by atoms with Crippen molar-refractivity contribution in [3.63, 3.8) is 0 Å². The summed E-state index contributed by atoms with van der Waals surface area (Å²) < 4.78 is 43.0. The van der Waals surface area contributed by atoms with Crippen LogP contribution in [0, 0.1) is 0 Å². The molecule has 0 aliphatic rings. The lowest BCUT2D eigenvalue weighted by Crippen LogP contribution is -2.27. The first kappa shape index (κ1) is 18.6. The summed E-state index contributed by atoms with van der Waals surface area (Å²) in [5.41, 5.74) is 0.552. The van der Waals surface area contributed by atoms with Crippen LogP contribution in [0.1, 0.15) is 24.9 Å². The number of alkyl halides is 3. The summed E-state index contributed by atoms with van der Waals surface area (Å²) in [7, 11) is 0. The van der Waals surface area contributed by atoms with Crippen molar-refractivity contribution in [3.8, 4) is 17.3 Å². The number of aromatic nitrogens is 3. The van der Waals surface area contributed by atoms with Crippen LogP contribution < -0.4 is 10.4 Å². The highest BCUT2D eigenvalue weighted by Crippen LogP contribution is 2.26. The van der Waals surface area contributed by atoms with Crippen molar-refractivity contribution in [3.05, 3.63) is 71.0 Å². The fourth-order valence-corrected chi connectivity index (χ4v) is 2.89. The highest BCUT2D eigenvalue weighted by Gasteiger charge is 2.31. The summed E-state index contributed by atoms with van der Waals surface area (Å²) in [5, 5.41) is 10.2. The number of benzene rings is 1. The number of hydrogen-bond acceptors (Lipinski definition) is 4. The number of nitrogens with zero attached hydrogens (tertiary/aromatic N) is 3. The zero-order chi connectivity index (χ0) is 19.6. The van der Waals surface area contributed by atoms with Crippen LogP contribution in [0.15, 0.2) is 59.8 Å². The molecule has 0 radical (unpaired) electrons. The van der Waals surface area contributed by atoms with E-state index in [1.807, 2.05) is 6.92 Å². The minimum atomic E-state index is -4.80. The van der Waals surface area contributed by atoms with Gasteiger partial charge in [0, 0.05) is 12.4 Å². The highest BCUT2D eigenvalue weighted by atomic mass is 19.4. The molecule has 0 fully saturated rings. The molecule has 27 heavy (non-hydrogen) atoms. The molecular formula is C18H16F3N3O3. The monoisotopic (exact) mass is 379 g/mol. The van der Waals surface area contributed by atoms with Crippen LogP contribution in [-0.4, -0.2) is 25.6 Å². The fourth-order valence-electron chi connectivity index (χ4n) is 2.89. The lowest BCUT2D eigenvalue weighted by Gasteiger charge is -2.15. The largest absolute Gasteiger partial charge is 0.573 e. The van der Waals surface area contributed by atoms with Gasteiger partial charge in [0.2, 0.25) is 5.88 Å². The third-order valence-corrected chi connectivity index (χ3v) is 4.04. The van der Waals surface area contributed by atoms with E-state index in [-0.39, 0.29) is 17.6 Å². The van der Waals surface area contributed by atoms with E-state index in [0.29, 0.717) is 6.42 Å². The Balaban J connectivity index is 1.98. The van der Waals surface area contributed by atoms with Crippen LogP contribution in [0.5, 0.6) is 11.6 Å². The normalized spacial score (nSPS) is 12.7. The van der Waals surface area contributed by atoms with Crippen molar-refractivity contribution in [2.45, 2.75) is 25.7 Å². The summed E-state index contributed by atoms with van der Waals surface area (Å²) in [6.07, 6.45) is 0.310. The first-order valence-electron chi connectivity index (χ1n) is 8.09. The fraction of sp³-hybridized carbons (Fsp3) is 0.222. The molecule has 0 saturated carbocycles. The topological polar surface area (TPSA) is 69.3 Å². The van der Waals surface area contributed by atoms with Gasteiger partial charge in [-0.05, 0) is 48.4 Å². The van der Waals surface area contributed by atoms with Gasteiger partial charge in [0.15, 0.2) is 0 Å². The summed E-state index contributed by atoms with van der Waals surface area (Å²) >= 11 is 0. The molecule has 142 valence electrons. The third kappa shape index (κ3) is 3.97. The van der Waals surface area contributed by atoms with E-state index in [0.717, 1.165) is 22.3 Å². The second-order valence-electron chi connectivity index (χ2n) is 5.76. The van der Waals surface area contributed by atoms with Crippen molar-refractivity contribution >= 4 is 0 Å². The van der Waals surface area contributed by atoms with Crippen molar-refractivity contribution in [2.75, 3.05) is 0 Å². The average molecular weight is 379 g/mol. The Morgan fingerprint density at radius 3 is 2.33 bits per heavy atom. The second-order valence-corrected chi connectivity index (χ2v) is 5.76. The van der Waals surface area contributed by atoms with Crippen LogP contribution in [0.4, 0.5) is 13.2 Å². The zero-order valence-electron chi connectivity index (χ0n) is 14.2. The number of pyridine rings is 1. The van der Waals surface area contributed by atoms with E-state index in [1.165, 1.54) is 22.9 Å². The predicted octanol–water partition coefficient (Wildman–Crippen LogP) is 3.64. The van der Waals surface area contributed by atoms with Crippen LogP contribution in [0.25, 0.3) is 5.69 Å². The molecule has 0 amide bonds. The molecule has 9 heteroatoms. The Morgan fingerprint density at radius 2 is 1.78 bits per heavy atom. The number of ether oxygens (including phenoxy) is 1. The minimum absolute atomic E-state index is 0.218. The van der Waals surface area contributed by atoms with E-state index in [2.05, 4.69) is 9.72 Å². The SMILES string of the molecule is CCC(c1ccncc1)n1cc(O)n(-c2ccc(OC(F)(F)F)cc2)c1=O. The maximum absolute atomic E-state index is 12.8. The van der Waals surface area contributed by atoms with Gasteiger partial charge in [0.1, 0.15) is 5.75 Å². The van der Waals surface area contributed by atoms with Gasteiger partial charge < -0.3 is 9.84 Å². The first-order valence-corrected chi connectivity index (χ1v) is 8.09. The van der Waals surface area contributed by atoms with Crippen molar-refractivity contribution < 1.29 is 23.0 Å². The quantitative estimate of drug-likeness (QED) is 0.735. The van der Waals surface area contributed by atoms with Gasteiger partial charge in [0.25, 0.3) is 0 Å². The number of rotatable bonds is 5. The van der Waals surface area contributed by atoms with Gasteiger partial charge in [-0.2, -0.15) is 0 Å². The average Bonchev–Trinajstić information content (AvgIpc) is 2.91. The molecule has 0 bridgehead atoms. The van der Waals surface area contributed by atoms with Crippen LogP contribution in [0.2, 0.25) is 0 Å². The van der Waals surface area contributed by atoms with Gasteiger partial charge in [-0.3, -0.25) is 9.55 Å². The summed E-state index contributed by atoms with van der Waals surface area (Å²) in [6.45, 7) is 1.90. The number of imidazole rings is 1. The Bertz CT molecular complexity index is 964. The third-order valence-electron chi connectivity index (χ3n) is 4.04. The molecule has 1 N–H and O–H groups in total. The maximum Gasteiger partial charge on any atom is 0.573 e. The smallest absolute Gasteiger partial charge is 0.493 e. The van der Waals surface area contributed by atoms with Gasteiger partial charge in [-0.15, -0.1) is 13.2 Å². The van der Waals surface area contributed by atoms with E-state index in [9.17, 15) is 23.1 Å². The Labute approximate surface area is 152 Å². The standard InChI is InChI=1S/C18H16F3N3O3/c1-2-15(12-7-9-22-10-8-12)23-11-16(25)24(17(23)26)13-3-5-14(6-4-13)27-18(19,20)21/h3-11,15,25H,2H2,1H3. The molecule has 6 nitrogen and oxygen atoms in total. The molecule has 1 aromatic carbocycles. The van der Waals surface area contributed by atoms with Crippen LogP contribution in [-0.2, 0) is 0 Å². The van der Waals surface area contributed by atoms with E-state index < -0.39 is 17.8 Å². The molecule has 3 rings (SSSR count). The Hall–Kier alpha value is -3.23. The Morgan fingerprint density at radius 1 is 1.15 bits per heavy atom. The highest BCUT2D eigenvalue weighted by molar-refractivity contribution is 5.40.